The Morgan fingerprint density at radius 3 is 2.48 bits per heavy atom. The number of halogens is 1. The summed E-state index contributed by atoms with van der Waals surface area (Å²) in [5.41, 5.74) is 7.03. The molecular weight excluding hydrogens is 416 g/mol. The number of carbonyl (C=O) groups excluding carboxylic acids is 1. The van der Waals surface area contributed by atoms with Crippen molar-refractivity contribution in [3.8, 4) is 11.5 Å². The van der Waals surface area contributed by atoms with Crippen LogP contribution in [0.4, 0.5) is 5.69 Å². The van der Waals surface area contributed by atoms with Crippen molar-refractivity contribution in [3.05, 3.63) is 87.9 Å². The molecule has 160 valence electrons. The highest BCUT2D eigenvalue weighted by Crippen LogP contribution is 2.28. The SMILES string of the molecule is COC(=O)c1ccc(COc2ccc(/C=N/Nc3ccc(C)c(Cl)c3)cc2OC)cc1. The Bertz CT molecular complexity index is 1080. The Morgan fingerprint density at radius 2 is 1.81 bits per heavy atom. The molecule has 0 atom stereocenters. The van der Waals surface area contributed by atoms with Gasteiger partial charge in [0.1, 0.15) is 6.61 Å². The molecule has 0 saturated carbocycles. The van der Waals surface area contributed by atoms with E-state index in [0.29, 0.717) is 28.7 Å². The van der Waals surface area contributed by atoms with Crippen molar-refractivity contribution in [2.75, 3.05) is 19.6 Å². The zero-order valence-corrected chi connectivity index (χ0v) is 18.3. The number of carbonyl (C=O) groups is 1. The first-order valence-corrected chi connectivity index (χ1v) is 9.91. The molecule has 0 saturated heterocycles. The highest BCUT2D eigenvalue weighted by atomic mass is 35.5. The maximum atomic E-state index is 11.5. The zero-order valence-electron chi connectivity index (χ0n) is 17.5. The molecule has 0 unspecified atom stereocenters. The molecule has 7 heteroatoms. The standard InChI is InChI=1S/C24H23ClN2O4/c1-16-4-10-20(13-21(16)25)27-26-14-18-7-11-22(23(12-18)29-2)31-15-17-5-8-19(9-6-17)24(28)30-3/h4-14,27H,15H2,1-3H3/b26-14+. The summed E-state index contributed by atoms with van der Waals surface area (Å²) in [5.74, 6) is 0.829. The summed E-state index contributed by atoms with van der Waals surface area (Å²) in [5, 5.41) is 4.93. The molecular formula is C24H23ClN2O4. The van der Waals surface area contributed by atoms with E-state index < -0.39 is 0 Å². The van der Waals surface area contributed by atoms with Crippen LogP contribution in [0.3, 0.4) is 0 Å². The summed E-state index contributed by atoms with van der Waals surface area (Å²) in [4.78, 5) is 11.5. The first-order chi connectivity index (χ1) is 15.0. The molecule has 3 aromatic rings. The topological polar surface area (TPSA) is 69.2 Å². The van der Waals surface area contributed by atoms with E-state index >= 15 is 0 Å². The second-order valence-electron chi connectivity index (χ2n) is 6.72. The van der Waals surface area contributed by atoms with Gasteiger partial charge in [-0.25, -0.2) is 4.79 Å². The van der Waals surface area contributed by atoms with Gasteiger partial charge < -0.3 is 14.2 Å². The Hall–Kier alpha value is -3.51. The third-order valence-electron chi connectivity index (χ3n) is 4.54. The molecule has 0 aromatic heterocycles. The number of benzene rings is 3. The lowest BCUT2D eigenvalue weighted by Crippen LogP contribution is -2.02. The summed E-state index contributed by atoms with van der Waals surface area (Å²) in [6, 6.07) is 18.3. The Kier molecular flexibility index (Phi) is 7.51. The fourth-order valence-corrected chi connectivity index (χ4v) is 2.92. The number of anilines is 1. The molecule has 31 heavy (non-hydrogen) atoms. The number of hydrogen-bond acceptors (Lipinski definition) is 6. The first kappa shape index (κ1) is 22.2. The highest BCUT2D eigenvalue weighted by molar-refractivity contribution is 6.31. The smallest absolute Gasteiger partial charge is 0.337 e. The van der Waals surface area contributed by atoms with E-state index in [0.717, 1.165) is 22.4 Å². The van der Waals surface area contributed by atoms with Crippen LogP contribution in [-0.4, -0.2) is 26.4 Å². The van der Waals surface area contributed by atoms with Crippen molar-refractivity contribution < 1.29 is 19.0 Å². The number of hydrogen-bond donors (Lipinski definition) is 1. The minimum Gasteiger partial charge on any atom is -0.493 e. The Labute approximate surface area is 186 Å². The third kappa shape index (κ3) is 5.99. The van der Waals surface area contributed by atoms with E-state index in [-0.39, 0.29) is 5.97 Å². The van der Waals surface area contributed by atoms with E-state index in [1.54, 1.807) is 25.5 Å². The first-order valence-electron chi connectivity index (χ1n) is 9.53. The maximum absolute atomic E-state index is 11.5. The molecule has 3 aromatic carbocycles. The number of nitrogens with one attached hydrogen (secondary N) is 1. The van der Waals surface area contributed by atoms with Gasteiger partial charge in [-0.3, -0.25) is 5.43 Å². The molecule has 1 N–H and O–H groups in total. The second kappa shape index (κ2) is 10.5. The van der Waals surface area contributed by atoms with Gasteiger partial charge in [-0.2, -0.15) is 5.10 Å². The number of ether oxygens (including phenoxy) is 3. The number of hydrazone groups is 1. The molecule has 0 aliphatic carbocycles. The van der Waals surface area contributed by atoms with Crippen LogP contribution in [0.1, 0.15) is 27.0 Å². The molecule has 3 rings (SSSR count). The monoisotopic (exact) mass is 438 g/mol. The van der Waals surface area contributed by atoms with Crippen LogP contribution in [0, 0.1) is 6.92 Å². The number of nitrogens with zero attached hydrogens (tertiary/aromatic N) is 1. The van der Waals surface area contributed by atoms with Crippen molar-refractivity contribution in [1.82, 2.24) is 0 Å². The van der Waals surface area contributed by atoms with Crippen molar-refractivity contribution in [1.29, 1.82) is 0 Å². The minimum atomic E-state index is -0.369. The largest absolute Gasteiger partial charge is 0.493 e. The van der Waals surface area contributed by atoms with Gasteiger partial charge in [0.05, 0.1) is 31.7 Å². The summed E-state index contributed by atoms with van der Waals surface area (Å²) in [6.07, 6.45) is 1.69. The fourth-order valence-electron chi connectivity index (χ4n) is 2.74. The van der Waals surface area contributed by atoms with E-state index in [4.69, 9.17) is 25.8 Å². The molecule has 0 aliphatic rings. The fraction of sp³-hybridized carbons (Fsp3) is 0.167. The van der Waals surface area contributed by atoms with Gasteiger partial charge >= 0.3 is 5.97 Å². The van der Waals surface area contributed by atoms with Gasteiger partial charge in [0.2, 0.25) is 0 Å². The third-order valence-corrected chi connectivity index (χ3v) is 4.94. The lowest BCUT2D eigenvalue weighted by atomic mass is 10.1. The van der Waals surface area contributed by atoms with Crippen LogP contribution < -0.4 is 14.9 Å². The molecule has 0 heterocycles. The lowest BCUT2D eigenvalue weighted by molar-refractivity contribution is 0.0600. The predicted octanol–water partition coefficient (Wildman–Crippen LogP) is 5.47. The summed E-state index contributed by atoms with van der Waals surface area (Å²) < 4.78 is 16.0. The Morgan fingerprint density at radius 1 is 1.03 bits per heavy atom. The molecule has 0 spiro atoms. The van der Waals surface area contributed by atoms with Crippen LogP contribution in [0.15, 0.2) is 65.8 Å². The van der Waals surface area contributed by atoms with Crippen molar-refractivity contribution >= 4 is 29.5 Å². The molecule has 0 radical (unpaired) electrons. The number of esters is 1. The van der Waals surface area contributed by atoms with Gasteiger partial charge in [-0.05, 0) is 66.1 Å². The molecule has 6 nitrogen and oxygen atoms in total. The maximum Gasteiger partial charge on any atom is 0.337 e. The van der Waals surface area contributed by atoms with E-state index in [1.807, 2.05) is 55.5 Å². The van der Waals surface area contributed by atoms with Gasteiger partial charge in [0, 0.05) is 5.02 Å². The summed E-state index contributed by atoms with van der Waals surface area (Å²) in [7, 11) is 2.94. The average molecular weight is 439 g/mol. The van der Waals surface area contributed by atoms with E-state index in [9.17, 15) is 4.79 Å². The summed E-state index contributed by atoms with van der Waals surface area (Å²) >= 11 is 6.13. The van der Waals surface area contributed by atoms with Gasteiger partial charge in [-0.1, -0.05) is 29.8 Å². The number of aryl methyl sites for hydroxylation is 1. The molecule has 0 fully saturated rings. The molecule has 0 aliphatic heterocycles. The minimum absolute atomic E-state index is 0.334. The van der Waals surface area contributed by atoms with E-state index in [2.05, 4.69) is 10.5 Å². The lowest BCUT2D eigenvalue weighted by Gasteiger charge is -2.11. The van der Waals surface area contributed by atoms with Crippen LogP contribution in [-0.2, 0) is 11.3 Å². The van der Waals surface area contributed by atoms with Crippen molar-refractivity contribution in [2.24, 2.45) is 5.10 Å². The zero-order chi connectivity index (χ0) is 22.2. The average Bonchev–Trinajstić information content (AvgIpc) is 2.80. The number of rotatable bonds is 8. The normalized spacial score (nSPS) is 10.7. The van der Waals surface area contributed by atoms with Gasteiger partial charge in [0.15, 0.2) is 11.5 Å². The summed E-state index contributed by atoms with van der Waals surface area (Å²) in [6.45, 7) is 2.28. The molecule has 0 bridgehead atoms. The van der Waals surface area contributed by atoms with Gasteiger partial charge in [0.25, 0.3) is 0 Å². The van der Waals surface area contributed by atoms with Gasteiger partial charge in [-0.15, -0.1) is 0 Å². The van der Waals surface area contributed by atoms with Crippen LogP contribution >= 0.6 is 11.6 Å². The predicted molar refractivity (Wildman–Crippen MR) is 123 cm³/mol. The van der Waals surface area contributed by atoms with Crippen molar-refractivity contribution in [2.45, 2.75) is 13.5 Å². The van der Waals surface area contributed by atoms with Crippen molar-refractivity contribution in [3.63, 3.8) is 0 Å². The molecule has 0 amide bonds. The second-order valence-corrected chi connectivity index (χ2v) is 7.13. The van der Waals surface area contributed by atoms with Crippen LogP contribution in [0.25, 0.3) is 0 Å². The van der Waals surface area contributed by atoms with Crippen LogP contribution in [0.5, 0.6) is 11.5 Å². The quantitative estimate of drug-likeness (QED) is 0.287. The number of methoxy groups -OCH3 is 2. The van der Waals surface area contributed by atoms with E-state index in [1.165, 1.54) is 7.11 Å². The van der Waals surface area contributed by atoms with Crippen LogP contribution in [0.2, 0.25) is 5.02 Å². The highest BCUT2D eigenvalue weighted by Gasteiger charge is 2.08. The Balaban J connectivity index is 1.62.